The zero-order valence-corrected chi connectivity index (χ0v) is 12.0. The van der Waals surface area contributed by atoms with E-state index in [1.54, 1.807) is 20.0 Å². The van der Waals surface area contributed by atoms with Crippen molar-refractivity contribution < 1.29 is 14.1 Å². The molecule has 0 unspecified atom stereocenters. The predicted octanol–water partition coefficient (Wildman–Crippen LogP) is 0.00942. The predicted molar refractivity (Wildman–Crippen MR) is 74.5 cm³/mol. The Balaban J connectivity index is 1.97. The lowest BCUT2D eigenvalue weighted by Gasteiger charge is -2.15. The van der Waals surface area contributed by atoms with Crippen LogP contribution in [0.25, 0.3) is 0 Å². The number of carbonyl (C=O) groups is 2. The van der Waals surface area contributed by atoms with Crippen LogP contribution in [-0.4, -0.2) is 45.2 Å². The number of rotatable bonds is 4. The maximum Gasteiger partial charge on any atom is 0.276 e. The van der Waals surface area contributed by atoms with Crippen LogP contribution in [0.2, 0.25) is 0 Å². The summed E-state index contributed by atoms with van der Waals surface area (Å²) in [5, 5.41) is 10.1. The van der Waals surface area contributed by atoms with Crippen molar-refractivity contribution in [1.82, 2.24) is 19.8 Å². The highest BCUT2D eigenvalue weighted by atomic mass is 16.5. The van der Waals surface area contributed by atoms with Crippen LogP contribution in [0, 0.1) is 6.92 Å². The lowest BCUT2D eigenvalue weighted by molar-refractivity contribution is -0.116. The number of aryl methyl sites for hydroxylation is 2. The van der Waals surface area contributed by atoms with E-state index in [2.05, 4.69) is 15.6 Å². The van der Waals surface area contributed by atoms with Gasteiger partial charge in [0.15, 0.2) is 11.5 Å². The third-order valence-electron chi connectivity index (χ3n) is 2.68. The van der Waals surface area contributed by atoms with Crippen LogP contribution in [0.3, 0.4) is 0 Å². The number of aromatic nitrogens is 3. The summed E-state index contributed by atoms with van der Waals surface area (Å²) >= 11 is 0. The Morgan fingerprint density at radius 1 is 1.52 bits per heavy atom. The van der Waals surface area contributed by atoms with Crippen LogP contribution >= 0.6 is 0 Å². The van der Waals surface area contributed by atoms with Gasteiger partial charge >= 0.3 is 0 Å². The van der Waals surface area contributed by atoms with Crippen LogP contribution < -0.4 is 11.1 Å². The second-order valence-electron chi connectivity index (χ2n) is 4.64. The van der Waals surface area contributed by atoms with Gasteiger partial charge in [0.05, 0.1) is 12.2 Å². The molecule has 0 saturated carbocycles. The smallest absolute Gasteiger partial charge is 0.276 e. The van der Waals surface area contributed by atoms with Crippen LogP contribution in [0.4, 0.5) is 11.5 Å². The van der Waals surface area contributed by atoms with Gasteiger partial charge in [-0.15, -0.1) is 0 Å². The minimum Gasteiger partial charge on any atom is -0.396 e. The van der Waals surface area contributed by atoms with Gasteiger partial charge in [0.2, 0.25) is 5.91 Å². The van der Waals surface area contributed by atoms with E-state index in [9.17, 15) is 9.59 Å². The normalized spacial score (nSPS) is 10.4. The van der Waals surface area contributed by atoms with Crippen molar-refractivity contribution in [3.05, 3.63) is 23.7 Å². The van der Waals surface area contributed by atoms with Crippen molar-refractivity contribution >= 4 is 23.3 Å². The Bertz CT molecular complexity index is 674. The van der Waals surface area contributed by atoms with Crippen LogP contribution in [0.1, 0.15) is 16.2 Å². The molecule has 0 aliphatic rings. The summed E-state index contributed by atoms with van der Waals surface area (Å²) in [6.45, 7) is 1.56. The van der Waals surface area contributed by atoms with Gasteiger partial charge < -0.3 is 20.5 Å². The van der Waals surface area contributed by atoms with Gasteiger partial charge in [0.25, 0.3) is 5.91 Å². The fraction of sp³-hybridized carbons (Fsp3) is 0.333. The van der Waals surface area contributed by atoms with Gasteiger partial charge in [-0.3, -0.25) is 14.3 Å². The number of nitrogens with one attached hydrogen (secondary N) is 1. The van der Waals surface area contributed by atoms with Crippen LogP contribution in [0.15, 0.2) is 16.8 Å². The van der Waals surface area contributed by atoms with Gasteiger partial charge in [0, 0.05) is 26.4 Å². The van der Waals surface area contributed by atoms with Crippen molar-refractivity contribution in [2.24, 2.45) is 7.05 Å². The molecule has 0 aromatic carbocycles. The fourth-order valence-corrected chi connectivity index (χ4v) is 1.75. The molecule has 0 atom stereocenters. The van der Waals surface area contributed by atoms with Gasteiger partial charge in [-0.2, -0.15) is 5.10 Å². The first-order valence-electron chi connectivity index (χ1n) is 6.14. The van der Waals surface area contributed by atoms with Crippen molar-refractivity contribution in [3.63, 3.8) is 0 Å². The van der Waals surface area contributed by atoms with E-state index < -0.39 is 11.8 Å². The lowest BCUT2D eigenvalue weighted by Crippen LogP contribution is -2.35. The summed E-state index contributed by atoms with van der Waals surface area (Å²) in [7, 11) is 3.15. The average Bonchev–Trinajstić information content (AvgIpc) is 2.94. The second-order valence-corrected chi connectivity index (χ2v) is 4.64. The van der Waals surface area contributed by atoms with Gasteiger partial charge in [0.1, 0.15) is 5.76 Å². The summed E-state index contributed by atoms with van der Waals surface area (Å²) < 4.78 is 6.27. The molecule has 112 valence electrons. The minimum absolute atomic E-state index is 0.116. The molecular formula is C12H16N6O3. The number of anilines is 2. The molecule has 3 N–H and O–H groups in total. The van der Waals surface area contributed by atoms with Crippen molar-refractivity contribution in [2.75, 3.05) is 24.6 Å². The number of nitrogens with zero attached hydrogens (tertiary/aromatic N) is 4. The number of nitrogens with two attached hydrogens (primary N) is 1. The lowest BCUT2D eigenvalue weighted by atomic mass is 10.3. The van der Waals surface area contributed by atoms with Crippen LogP contribution in [-0.2, 0) is 11.8 Å². The largest absolute Gasteiger partial charge is 0.396 e. The maximum absolute atomic E-state index is 12.1. The van der Waals surface area contributed by atoms with E-state index >= 15 is 0 Å². The number of amides is 2. The monoisotopic (exact) mass is 292 g/mol. The number of likely N-dealkylation sites (N-methyl/N-ethyl adjacent to an activating group) is 1. The van der Waals surface area contributed by atoms with Crippen molar-refractivity contribution in [2.45, 2.75) is 6.92 Å². The standard InChI is InChI=1S/C12H16N6O3/c1-7-4-9(16-21-7)14-10(19)6-17(2)12(20)11-8(13)5-18(3)15-11/h4-5H,6,13H2,1-3H3,(H,14,16,19). The maximum atomic E-state index is 12.1. The Morgan fingerprint density at radius 3 is 2.76 bits per heavy atom. The van der Waals surface area contributed by atoms with E-state index in [1.165, 1.54) is 22.8 Å². The first kappa shape index (κ1) is 14.6. The summed E-state index contributed by atoms with van der Waals surface area (Å²) in [6.07, 6.45) is 1.53. The summed E-state index contributed by atoms with van der Waals surface area (Å²) in [5.74, 6) is 0.0555. The number of carbonyl (C=O) groups excluding carboxylic acids is 2. The molecule has 21 heavy (non-hydrogen) atoms. The second kappa shape index (κ2) is 5.65. The third kappa shape index (κ3) is 3.38. The highest BCUT2D eigenvalue weighted by molar-refractivity contribution is 6.00. The number of hydrogen-bond acceptors (Lipinski definition) is 6. The Hall–Kier alpha value is -2.84. The zero-order valence-electron chi connectivity index (χ0n) is 12.0. The molecule has 2 heterocycles. The first-order valence-corrected chi connectivity index (χ1v) is 6.14. The van der Waals surface area contributed by atoms with Crippen molar-refractivity contribution in [3.8, 4) is 0 Å². The van der Waals surface area contributed by atoms with Gasteiger partial charge in [-0.25, -0.2) is 0 Å². The molecule has 9 nitrogen and oxygen atoms in total. The third-order valence-corrected chi connectivity index (χ3v) is 2.68. The molecule has 0 fully saturated rings. The Kier molecular flexibility index (Phi) is 3.92. The SMILES string of the molecule is Cc1cc(NC(=O)CN(C)C(=O)c2nn(C)cc2N)no1. The molecule has 0 aliphatic carbocycles. The summed E-state index contributed by atoms with van der Waals surface area (Å²) in [5.41, 5.74) is 6.06. The molecule has 0 saturated heterocycles. The van der Waals surface area contributed by atoms with Crippen LogP contribution in [0.5, 0.6) is 0 Å². The Labute approximate surface area is 120 Å². The molecule has 2 aromatic rings. The van der Waals surface area contributed by atoms with E-state index in [0.29, 0.717) is 11.6 Å². The molecule has 2 aromatic heterocycles. The van der Waals surface area contributed by atoms with E-state index in [0.717, 1.165) is 0 Å². The topological polar surface area (TPSA) is 119 Å². The molecule has 2 rings (SSSR count). The van der Waals surface area contributed by atoms with Gasteiger partial charge in [-0.05, 0) is 6.92 Å². The summed E-state index contributed by atoms with van der Waals surface area (Å²) in [4.78, 5) is 25.2. The minimum atomic E-state index is -0.431. The quantitative estimate of drug-likeness (QED) is 0.819. The Morgan fingerprint density at radius 2 is 2.24 bits per heavy atom. The highest BCUT2D eigenvalue weighted by Gasteiger charge is 2.20. The van der Waals surface area contributed by atoms with E-state index in [-0.39, 0.29) is 17.9 Å². The molecule has 0 aliphatic heterocycles. The zero-order chi connectivity index (χ0) is 15.6. The van der Waals surface area contributed by atoms with Gasteiger partial charge in [-0.1, -0.05) is 5.16 Å². The summed E-state index contributed by atoms with van der Waals surface area (Å²) in [6, 6.07) is 1.58. The molecular weight excluding hydrogens is 276 g/mol. The molecule has 0 radical (unpaired) electrons. The fourth-order valence-electron chi connectivity index (χ4n) is 1.75. The molecule has 0 spiro atoms. The first-order chi connectivity index (χ1) is 9.86. The highest BCUT2D eigenvalue weighted by Crippen LogP contribution is 2.11. The molecule has 0 bridgehead atoms. The van der Waals surface area contributed by atoms with Crippen molar-refractivity contribution in [1.29, 1.82) is 0 Å². The van der Waals surface area contributed by atoms with E-state index in [1.807, 2.05) is 0 Å². The number of nitrogen functional groups attached to an aromatic ring is 1. The molecule has 2 amide bonds. The number of hydrogen-bond donors (Lipinski definition) is 2. The molecule has 9 heteroatoms. The van der Waals surface area contributed by atoms with E-state index in [4.69, 9.17) is 10.3 Å². The average molecular weight is 292 g/mol.